The van der Waals surface area contributed by atoms with E-state index in [1.165, 1.54) is 25.8 Å². The predicted molar refractivity (Wildman–Crippen MR) is 137 cm³/mol. The van der Waals surface area contributed by atoms with Gasteiger partial charge in [0.15, 0.2) is 21.3 Å². The van der Waals surface area contributed by atoms with E-state index in [1.54, 1.807) is 0 Å². The first-order valence-corrected chi connectivity index (χ1v) is 13.1. The van der Waals surface area contributed by atoms with Crippen LogP contribution in [0.15, 0.2) is 42.5 Å². The summed E-state index contributed by atoms with van der Waals surface area (Å²) in [6.07, 6.45) is 3.89. The lowest BCUT2D eigenvalue weighted by atomic mass is 9.92. The highest BCUT2D eigenvalue weighted by Gasteiger charge is 2.39. The summed E-state index contributed by atoms with van der Waals surface area (Å²) in [5, 5.41) is 0. The van der Waals surface area contributed by atoms with Gasteiger partial charge in [-0.1, -0.05) is 30.3 Å². The highest BCUT2D eigenvalue weighted by atomic mass is 32.2. The molecule has 1 aliphatic rings. The molecule has 1 aromatic heterocycles. The Labute approximate surface area is 200 Å². The van der Waals surface area contributed by atoms with Gasteiger partial charge < -0.3 is 9.47 Å². The van der Waals surface area contributed by atoms with Crippen molar-refractivity contribution in [2.75, 3.05) is 6.61 Å². The molecule has 1 fully saturated rings. The third-order valence-corrected chi connectivity index (χ3v) is 9.80. The number of thiophene rings is 1. The van der Waals surface area contributed by atoms with Crippen molar-refractivity contribution in [2.45, 2.75) is 72.8 Å². The molecule has 0 amide bonds. The lowest BCUT2D eigenvalue weighted by molar-refractivity contribution is -0.163. The first kappa shape index (κ1) is 23.6. The molecule has 0 atom stereocenters. The second kappa shape index (κ2) is 9.34. The number of carbonyl (C=O) groups is 1. The summed E-state index contributed by atoms with van der Waals surface area (Å²) < 4.78 is 12.1. The Hall–Kier alpha value is -2.59. The Morgan fingerprint density at radius 2 is 1.42 bits per heavy atom. The Kier molecular flexibility index (Phi) is 6.67. The van der Waals surface area contributed by atoms with Crippen LogP contribution in [0.3, 0.4) is 0 Å². The van der Waals surface area contributed by atoms with Crippen molar-refractivity contribution in [1.29, 1.82) is 0 Å². The molecule has 4 rings (SSSR count). The van der Waals surface area contributed by atoms with Crippen LogP contribution in [-0.4, -0.2) is 12.6 Å². The van der Waals surface area contributed by atoms with Crippen LogP contribution in [0.25, 0.3) is 4.90 Å². The second-order valence-electron chi connectivity index (χ2n) is 9.38. The van der Waals surface area contributed by atoms with E-state index in [2.05, 4.69) is 65.8 Å². The number of esters is 1. The maximum absolute atomic E-state index is 12.8. The zero-order valence-electron chi connectivity index (χ0n) is 20.7. The fourth-order valence-corrected chi connectivity index (χ4v) is 7.86. The zero-order chi connectivity index (χ0) is 23.8. The van der Waals surface area contributed by atoms with Gasteiger partial charge in [0.2, 0.25) is 0 Å². The van der Waals surface area contributed by atoms with Gasteiger partial charge in [0.1, 0.15) is 11.4 Å². The van der Waals surface area contributed by atoms with E-state index >= 15 is 0 Å². The second-order valence-corrected chi connectivity index (χ2v) is 11.7. The van der Waals surface area contributed by atoms with Gasteiger partial charge >= 0.3 is 5.97 Å². The number of rotatable bonds is 6. The Morgan fingerprint density at radius 3 is 1.97 bits per heavy atom. The lowest BCUT2D eigenvalue weighted by Gasteiger charge is -2.29. The topological polar surface area (TPSA) is 35.5 Å². The average Bonchev–Trinajstić information content (AvgIpc) is 3.34. The average molecular weight is 464 g/mol. The third-order valence-electron chi connectivity index (χ3n) is 7.26. The number of hydrogen-bond donors (Lipinski definition) is 0. The smallest absolute Gasteiger partial charge is 0.345 e. The molecule has 0 bridgehead atoms. The van der Waals surface area contributed by atoms with Crippen LogP contribution < -0.4 is 4.74 Å². The molecule has 1 saturated carbocycles. The van der Waals surface area contributed by atoms with Gasteiger partial charge in [-0.15, -0.1) is 0 Å². The molecule has 1 heterocycles. The molecule has 0 radical (unpaired) electrons. The van der Waals surface area contributed by atoms with Crippen molar-refractivity contribution in [2.24, 2.45) is 0 Å². The molecule has 0 unspecified atom stereocenters. The predicted octanol–water partition coefficient (Wildman–Crippen LogP) is 7.67. The number of carbonyl (C=O) groups excluding carboxylic acids is 1. The minimum Gasteiger partial charge on any atom is -0.481 e. The van der Waals surface area contributed by atoms with Gasteiger partial charge in [0.05, 0.1) is 0 Å². The standard InChI is InChI=1S/C29H35O3S/c1-19-16-26(33-23(5)21(3)22(4)24(33)6)17-20(2)28(19)31-18-27(30)32-29(14-10-11-15-29)25-12-8-7-9-13-25/h7-9,12-13,16-17H,10-11,14-15,18H2,1-6H3/q+1. The normalized spacial score (nSPS) is 15.0. The van der Waals surface area contributed by atoms with Crippen molar-refractivity contribution in [1.82, 2.24) is 0 Å². The van der Waals surface area contributed by atoms with Crippen LogP contribution in [0.4, 0.5) is 0 Å². The van der Waals surface area contributed by atoms with E-state index < -0.39 is 5.60 Å². The minimum absolute atomic E-state index is 0.0000451. The lowest BCUT2D eigenvalue weighted by Crippen LogP contribution is -2.31. The minimum atomic E-state index is -0.511. The van der Waals surface area contributed by atoms with Crippen molar-refractivity contribution in [3.05, 3.63) is 80.0 Å². The van der Waals surface area contributed by atoms with Crippen molar-refractivity contribution in [3.63, 3.8) is 0 Å². The van der Waals surface area contributed by atoms with Crippen molar-refractivity contribution < 1.29 is 14.3 Å². The fourth-order valence-electron chi connectivity index (χ4n) is 5.19. The SMILES string of the molecule is Cc1cc(-[s+]2c(C)c(C)c(C)c2C)cc(C)c1OCC(=O)OC1(c2ccccc2)CCCC1. The zero-order valence-corrected chi connectivity index (χ0v) is 21.5. The molecule has 0 saturated heterocycles. The van der Waals surface area contributed by atoms with E-state index in [-0.39, 0.29) is 23.0 Å². The molecular formula is C29H35O3S+. The molecule has 3 nitrogen and oxygen atoms in total. The van der Waals surface area contributed by atoms with Gasteiger partial charge in [-0.2, -0.15) is 0 Å². The van der Waals surface area contributed by atoms with E-state index in [9.17, 15) is 4.79 Å². The summed E-state index contributed by atoms with van der Waals surface area (Å²) in [4.78, 5) is 17.1. The van der Waals surface area contributed by atoms with Crippen LogP contribution in [0.2, 0.25) is 0 Å². The third kappa shape index (κ3) is 4.46. The van der Waals surface area contributed by atoms with Crippen LogP contribution in [0, 0.1) is 41.5 Å². The molecule has 1 aliphatic carbocycles. The Bertz CT molecular complexity index is 1120. The van der Waals surface area contributed by atoms with E-state index in [4.69, 9.17) is 9.47 Å². The quantitative estimate of drug-likeness (QED) is 0.278. The number of aryl methyl sites for hydroxylation is 2. The largest absolute Gasteiger partial charge is 0.481 e. The molecular weight excluding hydrogens is 428 g/mol. The number of ether oxygens (including phenoxy) is 2. The molecule has 0 spiro atoms. The summed E-state index contributed by atoms with van der Waals surface area (Å²) in [6, 6.07) is 14.6. The fraction of sp³-hybridized carbons (Fsp3) is 0.414. The summed E-state index contributed by atoms with van der Waals surface area (Å²) in [6.45, 7) is 13.0. The molecule has 4 heteroatoms. The highest BCUT2D eigenvalue weighted by Crippen LogP contribution is 2.46. The highest BCUT2D eigenvalue weighted by molar-refractivity contribution is 7.40. The van der Waals surface area contributed by atoms with Gasteiger partial charge in [-0.3, -0.25) is 0 Å². The van der Waals surface area contributed by atoms with Gasteiger partial charge in [0, 0.05) is 47.6 Å². The van der Waals surface area contributed by atoms with Gasteiger partial charge in [-0.05, 0) is 70.1 Å². The molecule has 0 aliphatic heterocycles. The van der Waals surface area contributed by atoms with Crippen LogP contribution in [0.1, 0.15) is 63.3 Å². The van der Waals surface area contributed by atoms with Gasteiger partial charge in [0.25, 0.3) is 0 Å². The first-order chi connectivity index (χ1) is 15.7. The Morgan fingerprint density at radius 1 is 0.879 bits per heavy atom. The Balaban J connectivity index is 1.51. The monoisotopic (exact) mass is 463 g/mol. The molecule has 33 heavy (non-hydrogen) atoms. The molecule has 0 N–H and O–H groups in total. The van der Waals surface area contributed by atoms with Crippen LogP contribution in [-0.2, 0) is 15.1 Å². The van der Waals surface area contributed by atoms with Crippen LogP contribution >= 0.6 is 10.5 Å². The van der Waals surface area contributed by atoms with E-state index in [0.717, 1.165) is 48.1 Å². The van der Waals surface area contributed by atoms with Crippen LogP contribution in [0.5, 0.6) is 5.75 Å². The van der Waals surface area contributed by atoms with E-state index in [0.29, 0.717) is 0 Å². The summed E-state index contributed by atoms with van der Waals surface area (Å²) in [5.74, 6) is 0.487. The summed E-state index contributed by atoms with van der Waals surface area (Å²) in [5.41, 5.74) is 5.52. The molecule has 2 aromatic carbocycles. The summed E-state index contributed by atoms with van der Waals surface area (Å²) in [7, 11) is -0.0000451. The number of hydrogen-bond acceptors (Lipinski definition) is 3. The summed E-state index contributed by atoms with van der Waals surface area (Å²) >= 11 is 0. The van der Waals surface area contributed by atoms with E-state index in [1.807, 2.05) is 18.2 Å². The van der Waals surface area contributed by atoms with Crippen molar-refractivity contribution >= 4 is 16.4 Å². The first-order valence-electron chi connectivity index (χ1n) is 11.8. The number of benzene rings is 2. The maximum atomic E-state index is 12.8. The maximum Gasteiger partial charge on any atom is 0.345 e. The van der Waals surface area contributed by atoms with Crippen molar-refractivity contribution in [3.8, 4) is 10.6 Å². The molecule has 3 aromatic rings. The molecule has 174 valence electrons. The van der Waals surface area contributed by atoms with Gasteiger partial charge in [-0.25, -0.2) is 4.79 Å².